The number of carbonyl (C=O) groups is 3. The van der Waals surface area contributed by atoms with Gasteiger partial charge in [0.25, 0.3) is 11.8 Å². The minimum absolute atomic E-state index is 0.0921. The monoisotopic (exact) mass is 499 g/mol. The second-order valence-electron chi connectivity index (χ2n) is 8.87. The Hall–Kier alpha value is -2.94. The van der Waals surface area contributed by atoms with Crippen LogP contribution in [0.3, 0.4) is 0 Å². The van der Waals surface area contributed by atoms with Gasteiger partial charge in [-0.1, -0.05) is 41.4 Å². The van der Waals surface area contributed by atoms with Crippen LogP contribution in [0.1, 0.15) is 39.1 Å². The van der Waals surface area contributed by atoms with Gasteiger partial charge in [0.15, 0.2) is 0 Å². The van der Waals surface area contributed by atoms with Crippen LogP contribution in [0.4, 0.5) is 0 Å². The topological polar surface area (TPSA) is 88.2 Å². The fraction of sp³-hybridized carbons (Fsp3) is 0.423. The van der Waals surface area contributed by atoms with Crippen molar-refractivity contribution in [3.05, 3.63) is 70.2 Å². The molecule has 2 aromatic carbocycles. The summed E-state index contributed by atoms with van der Waals surface area (Å²) in [5, 5.41) is 3.23. The van der Waals surface area contributed by atoms with Crippen molar-refractivity contribution in [2.45, 2.75) is 31.5 Å². The zero-order valence-electron chi connectivity index (χ0n) is 20.0. The molecule has 4 rings (SSSR count). The first-order valence-electron chi connectivity index (χ1n) is 11.7. The van der Waals surface area contributed by atoms with Crippen molar-refractivity contribution in [1.82, 2.24) is 15.1 Å². The Balaban J connectivity index is 1.57. The highest BCUT2D eigenvalue weighted by Gasteiger charge is 2.54. The van der Waals surface area contributed by atoms with Crippen LogP contribution in [0, 0.1) is 6.92 Å². The molecular weight excluding hydrogens is 470 g/mol. The average molecular weight is 500 g/mol. The first-order chi connectivity index (χ1) is 16.9. The molecule has 186 valence electrons. The van der Waals surface area contributed by atoms with Crippen molar-refractivity contribution >= 4 is 29.3 Å². The number of rotatable bonds is 6. The average Bonchev–Trinajstić information content (AvgIpc) is 3.22. The number of methoxy groups -OCH3 is 1. The maximum atomic E-state index is 13.7. The molecule has 1 spiro atoms. The van der Waals surface area contributed by atoms with E-state index in [1.807, 2.05) is 25.1 Å². The minimum Gasteiger partial charge on any atom is -0.383 e. The number of benzene rings is 2. The van der Waals surface area contributed by atoms with Gasteiger partial charge < -0.3 is 19.7 Å². The van der Waals surface area contributed by atoms with Crippen molar-refractivity contribution in [2.24, 2.45) is 0 Å². The second-order valence-corrected chi connectivity index (χ2v) is 9.28. The third kappa shape index (κ3) is 5.19. The van der Waals surface area contributed by atoms with Crippen LogP contribution in [0.2, 0.25) is 5.02 Å². The molecule has 2 fully saturated rings. The molecule has 1 atom stereocenters. The minimum atomic E-state index is -0.971. The summed E-state index contributed by atoms with van der Waals surface area (Å²) in [5.74, 6) is -0.702. The van der Waals surface area contributed by atoms with Gasteiger partial charge in [0.2, 0.25) is 5.91 Å². The zero-order chi connectivity index (χ0) is 25.0. The summed E-state index contributed by atoms with van der Waals surface area (Å²) in [6.07, 6.45) is 0.783. The lowest BCUT2D eigenvalue weighted by Crippen LogP contribution is -2.60. The van der Waals surface area contributed by atoms with Gasteiger partial charge >= 0.3 is 0 Å². The number of amides is 3. The summed E-state index contributed by atoms with van der Waals surface area (Å²) < 4.78 is 11.2. The summed E-state index contributed by atoms with van der Waals surface area (Å²) in [7, 11) is 1.56. The lowest BCUT2D eigenvalue weighted by Gasteiger charge is -2.44. The fourth-order valence-electron chi connectivity index (χ4n) is 4.74. The normalized spacial score (nSPS) is 19.1. The number of hydrogen-bond donors (Lipinski definition) is 1. The molecule has 2 heterocycles. The van der Waals surface area contributed by atoms with Crippen LogP contribution in [0.15, 0.2) is 48.5 Å². The van der Waals surface area contributed by atoms with E-state index in [-0.39, 0.29) is 24.3 Å². The Bertz CT molecular complexity index is 1100. The molecule has 2 saturated heterocycles. The molecule has 0 radical (unpaired) electrons. The number of nitrogens with zero attached hydrogens (tertiary/aromatic N) is 2. The Morgan fingerprint density at radius 1 is 1.11 bits per heavy atom. The first kappa shape index (κ1) is 25.2. The van der Waals surface area contributed by atoms with E-state index in [2.05, 4.69) is 5.32 Å². The summed E-state index contributed by atoms with van der Waals surface area (Å²) >= 11 is 6.23. The van der Waals surface area contributed by atoms with E-state index in [9.17, 15) is 14.4 Å². The predicted octanol–water partition coefficient (Wildman–Crippen LogP) is 2.88. The van der Waals surface area contributed by atoms with Crippen LogP contribution in [-0.2, 0) is 14.3 Å². The molecule has 2 aliphatic rings. The van der Waals surface area contributed by atoms with Gasteiger partial charge in [0.1, 0.15) is 11.8 Å². The molecule has 2 aliphatic heterocycles. The van der Waals surface area contributed by atoms with Crippen LogP contribution in [0.5, 0.6) is 0 Å². The van der Waals surface area contributed by atoms with Crippen molar-refractivity contribution in [3.63, 3.8) is 0 Å². The number of carbonyl (C=O) groups excluding carboxylic acids is 3. The number of nitrogens with one attached hydrogen (secondary N) is 1. The van der Waals surface area contributed by atoms with Crippen LogP contribution < -0.4 is 5.32 Å². The van der Waals surface area contributed by atoms with Gasteiger partial charge in [0.05, 0.1) is 23.8 Å². The number of likely N-dealkylation sites (tertiary alicyclic amines) is 1. The first-order valence-corrected chi connectivity index (χ1v) is 12.1. The van der Waals surface area contributed by atoms with Gasteiger partial charge in [-0.15, -0.1) is 0 Å². The molecule has 0 bridgehead atoms. The number of ether oxygens (including phenoxy) is 2. The van der Waals surface area contributed by atoms with E-state index in [0.29, 0.717) is 55.2 Å². The van der Waals surface area contributed by atoms with Crippen molar-refractivity contribution in [1.29, 1.82) is 0 Å². The Morgan fingerprint density at radius 2 is 1.86 bits per heavy atom. The molecule has 8 nitrogen and oxygen atoms in total. The van der Waals surface area contributed by atoms with Crippen LogP contribution in [0.25, 0.3) is 0 Å². The summed E-state index contributed by atoms with van der Waals surface area (Å²) in [6.45, 7) is 3.47. The number of halogens is 1. The highest BCUT2D eigenvalue weighted by Crippen LogP contribution is 2.39. The summed E-state index contributed by atoms with van der Waals surface area (Å²) in [4.78, 5) is 43.1. The highest BCUT2D eigenvalue weighted by molar-refractivity contribution is 6.33. The molecular formula is C26H30ClN3O5. The van der Waals surface area contributed by atoms with E-state index >= 15 is 0 Å². The van der Waals surface area contributed by atoms with Crippen LogP contribution in [-0.4, -0.2) is 79.2 Å². The van der Waals surface area contributed by atoms with E-state index < -0.39 is 11.8 Å². The zero-order valence-corrected chi connectivity index (χ0v) is 20.7. The number of piperidine rings is 1. The quantitative estimate of drug-likeness (QED) is 0.617. The fourth-order valence-corrected chi connectivity index (χ4v) is 4.96. The Morgan fingerprint density at radius 3 is 2.54 bits per heavy atom. The molecule has 2 aromatic rings. The summed E-state index contributed by atoms with van der Waals surface area (Å²) in [6, 6.07) is 13.5. The van der Waals surface area contributed by atoms with Gasteiger partial charge in [-0.25, -0.2) is 0 Å². The van der Waals surface area contributed by atoms with E-state index in [0.717, 1.165) is 5.56 Å². The number of hydrogen-bond acceptors (Lipinski definition) is 5. The molecule has 9 heteroatoms. The highest BCUT2D eigenvalue weighted by atomic mass is 35.5. The molecule has 0 aromatic heterocycles. The second kappa shape index (κ2) is 10.8. The van der Waals surface area contributed by atoms with Crippen molar-refractivity contribution < 1.29 is 23.9 Å². The van der Waals surface area contributed by atoms with Gasteiger partial charge in [0, 0.05) is 45.1 Å². The standard InChI is InChI=1S/C26H30ClN3O5/c1-18-6-5-7-19(16-18)24(32)30-22(23(31)28-12-15-34-2)17-35-26(30)10-13-29(14-11-26)25(33)20-8-3-4-9-21(20)27/h3-9,16,22H,10-15,17H2,1-2H3,(H,28,31)/t22-/m1/s1. The maximum absolute atomic E-state index is 13.7. The Labute approximate surface area is 210 Å². The maximum Gasteiger partial charge on any atom is 0.256 e. The van der Waals surface area contributed by atoms with Gasteiger partial charge in [-0.05, 0) is 31.2 Å². The van der Waals surface area contributed by atoms with Gasteiger partial charge in [-0.3, -0.25) is 19.3 Å². The largest absolute Gasteiger partial charge is 0.383 e. The Kier molecular flexibility index (Phi) is 7.74. The van der Waals surface area contributed by atoms with Gasteiger partial charge in [-0.2, -0.15) is 0 Å². The van der Waals surface area contributed by atoms with Crippen molar-refractivity contribution in [3.8, 4) is 0 Å². The lowest BCUT2D eigenvalue weighted by molar-refractivity contribution is -0.128. The van der Waals surface area contributed by atoms with Crippen molar-refractivity contribution in [2.75, 3.05) is 40.0 Å². The molecule has 0 aliphatic carbocycles. The summed E-state index contributed by atoms with van der Waals surface area (Å²) in [5.41, 5.74) is 0.924. The third-order valence-corrected chi connectivity index (χ3v) is 6.92. The molecule has 35 heavy (non-hydrogen) atoms. The number of aryl methyl sites for hydroxylation is 1. The third-order valence-electron chi connectivity index (χ3n) is 6.59. The molecule has 1 N–H and O–H groups in total. The lowest BCUT2D eigenvalue weighted by atomic mass is 9.95. The predicted molar refractivity (Wildman–Crippen MR) is 131 cm³/mol. The van der Waals surface area contributed by atoms with Crippen LogP contribution >= 0.6 is 11.6 Å². The smallest absolute Gasteiger partial charge is 0.256 e. The molecule has 3 amide bonds. The van der Waals surface area contributed by atoms with E-state index in [4.69, 9.17) is 21.1 Å². The molecule has 0 saturated carbocycles. The van der Waals surface area contributed by atoms with E-state index in [1.165, 1.54) is 0 Å². The molecule has 0 unspecified atom stereocenters. The SMILES string of the molecule is COCCNC(=O)[C@H]1COC2(CCN(C(=O)c3ccccc3Cl)CC2)N1C(=O)c1cccc(C)c1. The van der Waals surface area contributed by atoms with E-state index in [1.54, 1.807) is 47.2 Å².